The van der Waals surface area contributed by atoms with Gasteiger partial charge in [0.1, 0.15) is 0 Å². The molecule has 0 radical (unpaired) electrons. The number of allylic oxidation sites excluding steroid dienone is 1. The topological polar surface area (TPSA) is 48.9 Å². The first-order chi connectivity index (χ1) is 13.2. The van der Waals surface area contributed by atoms with Gasteiger partial charge in [-0.25, -0.2) is 4.39 Å². The van der Waals surface area contributed by atoms with Gasteiger partial charge in [0.2, 0.25) is 0 Å². The van der Waals surface area contributed by atoms with E-state index < -0.39 is 0 Å². The van der Waals surface area contributed by atoms with Crippen LogP contribution in [-0.2, 0) is 6.54 Å². The predicted octanol–water partition coefficient (Wildman–Crippen LogP) is 3.94. The number of likely N-dealkylation sites (tertiary alicyclic amines) is 1. The maximum absolute atomic E-state index is 13.9. The highest BCUT2D eigenvalue weighted by Crippen LogP contribution is 2.20. The molecule has 158 valence electrons. The van der Waals surface area contributed by atoms with E-state index in [1.165, 1.54) is 7.11 Å². The summed E-state index contributed by atoms with van der Waals surface area (Å²) in [5, 5.41) is 6.88. The highest BCUT2D eigenvalue weighted by molar-refractivity contribution is 14.0. The number of aliphatic imine (C=N–C) groups is 1. The lowest BCUT2D eigenvalue weighted by Gasteiger charge is -2.33. The number of halogens is 2. The molecule has 7 heteroatoms. The monoisotopic (exact) mass is 504 g/mol. The molecule has 0 atom stereocenters. The largest absolute Gasteiger partial charge is 0.494 e. The number of ether oxygens (including phenoxy) is 1. The zero-order chi connectivity index (χ0) is 19.5. The Balaban J connectivity index is 0.00000392. The Morgan fingerprint density at radius 3 is 2.71 bits per heavy atom. The average Bonchev–Trinajstić information content (AvgIpc) is 2.67. The van der Waals surface area contributed by atoms with Crippen LogP contribution in [-0.4, -0.2) is 50.2 Å². The van der Waals surface area contributed by atoms with Gasteiger partial charge in [0, 0.05) is 38.8 Å². The SMILES string of the molecule is C/C=C/CCN=C(NCC)NC1CCN(Cc2ccc(OC)c(F)c2)CC1.I. The summed E-state index contributed by atoms with van der Waals surface area (Å²) in [7, 11) is 1.49. The molecule has 28 heavy (non-hydrogen) atoms. The fourth-order valence-electron chi connectivity index (χ4n) is 3.23. The number of nitrogens with one attached hydrogen (secondary N) is 2. The van der Waals surface area contributed by atoms with E-state index >= 15 is 0 Å². The van der Waals surface area contributed by atoms with Gasteiger partial charge >= 0.3 is 0 Å². The van der Waals surface area contributed by atoms with Crippen molar-refractivity contribution in [2.75, 3.05) is 33.3 Å². The van der Waals surface area contributed by atoms with E-state index in [-0.39, 0.29) is 29.8 Å². The van der Waals surface area contributed by atoms with Crippen LogP contribution in [0.1, 0.15) is 38.7 Å². The zero-order valence-corrected chi connectivity index (χ0v) is 19.5. The van der Waals surface area contributed by atoms with Crippen LogP contribution in [0.4, 0.5) is 4.39 Å². The maximum Gasteiger partial charge on any atom is 0.191 e. The molecule has 0 spiro atoms. The van der Waals surface area contributed by atoms with Crippen molar-refractivity contribution in [2.24, 2.45) is 4.99 Å². The summed E-state index contributed by atoms with van der Waals surface area (Å²) in [5.74, 6) is 0.903. The van der Waals surface area contributed by atoms with E-state index in [2.05, 4.69) is 39.6 Å². The lowest BCUT2D eigenvalue weighted by Crippen LogP contribution is -2.48. The molecule has 0 aromatic heterocycles. The van der Waals surface area contributed by atoms with Gasteiger partial charge in [-0.2, -0.15) is 0 Å². The van der Waals surface area contributed by atoms with Gasteiger partial charge in [0.25, 0.3) is 0 Å². The Kier molecular flexibility index (Phi) is 12.1. The number of hydrogen-bond acceptors (Lipinski definition) is 3. The second-order valence-corrected chi connectivity index (χ2v) is 6.78. The Morgan fingerprint density at radius 2 is 2.11 bits per heavy atom. The van der Waals surface area contributed by atoms with Gasteiger partial charge in [0.05, 0.1) is 7.11 Å². The van der Waals surface area contributed by atoms with E-state index in [0.29, 0.717) is 11.8 Å². The average molecular weight is 504 g/mol. The molecular weight excluding hydrogens is 470 g/mol. The standard InChI is InChI=1S/C21H33FN4O.HI/c1-4-6-7-12-24-21(23-5-2)25-18-10-13-26(14-11-18)16-17-8-9-20(27-3)19(22)15-17;/h4,6,8-9,15,18H,5,7,10-14,16H2,1-3H3,(H2,23,24,25);1H/b6-4+;. The number of hydrogen-bond donors (Lipinski definition) is 2. The number of nitrogens with zero attached hydrogens (tertiary/aromatic N) is 2. The van der Waals surface area contributed by atoms with Crippen LogP contribution in [0.15, 0.2) is 35.3 Å². The van der Waals surface area contributed by atoms with Gasteiger partial charge in [-0.3, -0.25) is 9.89 Å². The zero-order valence-electron chi connectivity index (χ0n) is 17.2. The summed E-state index contributed by atoms with van der Waals surface area (Å²) in [6, 6.07) is 5.64. The molecule has 0 bridgehead atoms. The van der Waals surface area contributed by atoms with Gasteiger partial charge in [-0.05, 0) is 50.8 Å². The van der Waals surface area contributed by atoms with Crippen molar-refractivity contribution in [1.82, 2.24) is 15.5 Å². The lowest BCUT2D eigenvalue weighted by molar-refractivity contribution is 0.198. The first-order valence-electron chi connectivity index (χ1n) is 9.87. The van der Waals surface area contributed by atoms with Crippen molar-refractivity contribution in [2.45, 2.75) is 45.7 Å². The minimum absolute atomic E-state index is 0. The second kappa shape index (κ2) is 13.8. The molecule has 1 fully saturated rings. The molecule has 1 saturated heterocycles. The Bertz CT molecular complexity index is 631. The molecule has 2 N–H and O–H groups in total. The van der Waals surface area contributed by atoms with Gasteiger partial charge in [-0.15, -0.1) is 24.0 Å². The number of piperidine rings is 1. The predicted molar refractivity (Wildman–Crippen MR) is 125 cm³/mol. The summed E-state index contributed by atoms with van der Waals surface area (Å²) in [5.41, 5.74) is 0.985. The molecular formula is C21H34FIN4O. The molecule has 0 saturated carbocycles. The summed E-state index contributed by atoms with van der Waals surface area (Å²) in [6.07, 6.45) is 7.26. The van der Waals surface area contributed by atoms with Crippen LogP contribution >= 0.6 is 24.0 Å². The fraction of sp³-hybridized carbons (Fsp3) is 0.571. The third kappa shape index (κ3) is 8.34. The quantitative estimate of drug-likeness (QED) is 0.185. The van der Waals surface area contributed by atoms with Crippen molar-refractivity contribution < 1.29 is 9.13 Å². The highest BCUT2D eigenvalue weighted by atomic mass is 127. The fourth-order valence-corrected chi connectivity index (χ4v) is 3.23. The van der Waals surface area contributed by atoms with Gasteiger partial charge < -0.3 is 15.4 Å². The molecule has 1 aromatic carbocycles. The number of benzene rings is 1. The van der Waals surface area contributed by atoms with Crippen molar-refractivity contribution in [1.29, 1.82) is 0 Å². The first kappa shape index (κ1) is 24.7. The second-order valence-electron chi connectivity index (χ2n) is 6.78. The van der Waals surface area contributed by atoms with E-state index in [9.17, 15) is 4.39 Å². The van der Waals surface area contributed by atoms with Crippen molar-refractivity contribution in [3.05, 3.63) is 41.7 Å². The normalized spacial score (nSPS) is 16.1. The maximum atomic E-state index is 13.9. The van der Waals surface area contributed by atoms with E-state index in [0.717, 1.165) is 63.5 Å². The molecule has 1 aromatic rings. The molecule has 1 aliphatic heterocycles. The molecule has 0 unspecified atom stereocenters. The smallest absolute Gasteiger partial charge is 0.191 e. The molecule has 1 heterocycles. The Hall–Kier alpha value is -1.35. The summed E-state index contributed by atoms with van der Waals surface area (Å²) in [4.78, 5) is 7.00. The molecule has 0 aliphatic carbocycles. The lowest BCUT2D eigenvalue weighted by atomic mass is 10.0. The Morgan fingerprint density at radius 1 is 1.36 bits per heavy atom. The number of guanidine groups is 1. The first-order valence-corrected chi connectivity index (χ1v) is 9.87. The van der Waals surface area contributed by atoms with Crippen LogP contribution in [0.3, 0.4) is 0 Å². The van der Waals surface area contributed by atoms with Crippen molar-refractivity contribution in [3.8, 4) is 5.75 Å². The van der Waals surface area contributed by atoms with Crippen molar-refractivity contribution >= 4 is 29.9 Å². The molecule has 0 amide bonds. The molecule has 5 nitrogen and oxygen atoms in total. The van der Waals surface area contributed by atoms with Crippen LogP contribution in [0, 0.1) is 5.82 Å². The van der Waals surface area contributed by atoms with Crippen LogP contribution in [0.5, 0.6) is 5.75 Å². The van der Waals surface area contributed by atoms with E-state index in [1.807, 2.05) is 13.0 Å². The summed E-state index contributed by atoms with van der Waals surface area (Å²) in [6.45, 7) is 8.51. The number of rotatable bonds is 8. The highest BCUT2D eigenvalue weighted by Gasteiger charge is 2.20. The third-order valence-electron chi connectivity index (χ3n) is 4.70. The van der Waals surface area contributed by atoms with E-state index in [1.54, 1.807) is 12.1 Å². The van der Waals surface area contributed by atoms with Crippen molar-refractivity contribution in [3.63, 3.8) is 0 Å². The summed E-state index contributed by atoms with van der Waals surface area (Å²) < 4.78 is 18.8. The summed E-state index contributed by atoms with van der Waals surface area (Å²) >= 11 is 0. The minimum Gasteiger partial charge on any atom is -0.494 e. The number of methoxy groups -OCH3 is 1. The van der Waals surface area contributed by atoms with Gasteiger partial charge in [0.15, 0.2) is 17.5 Å². The minimum atomic E-state index is -0.295. The molecule has 1 aliphatic rings. The van der Waals surface area contributed by atoms with Gasteiger partial charge in [-0.1, -0.05) is 18.2 Å². The van der Waals surface area contributed by atoms with E-state index in [4.69, 9.17) is 4.74 Å². The Labute approximate surface area is 185 Å². The van der Waals surface area contributed by atoms with Crippen LogP contribution in [0.25, 0.3) is 0 Å². The molecule has 2 rings (SSSR count). The third-order valence-corrected chi connectivity index (χ3v) is 4.70. The van der Waals surface area contributed by atoms with Crippen LogP contribution < -0.4 is 15.4 Å². The van der Waals surface area contributed by atoms with Crippen LogP contribution in [0.2, 0.25) is 0 Å².